The average molecular weight is 207 g/mol. The van der Waals surface area contributed by atoms with Gasteiger partial charge in [0.25, 0.3) is 0 Å². The summed E-state index contributed by atoms with van der Waals surface area (Å²) in [6.45, 7) is 2.07. The first-order valence-corrected chi connectivity index (χ1v) is 5.42. The molecule has 0 spiro atoms. The molecule has 4 N–H and O–H groups in total. The van der Waals surface area contributed by atoms with Crippen LogP contribution >= 0.6 is 0 Å². The summed E-state index contributed by atoms with van der Waals surface area (Å²) in [7, 11) is 0. The van der Waals surface area contributed by atoms with Crippen LogP contribution in [0, 0.1) is 0 Å². The first-order chi connectivity index (χ1) is 7.35. The summed E-state index contributed by atoms with van der Waals surface area (Å²) in [4.78, 5) is 8.35. The highest BCUT2D eigenvalue weighted by Gasteiger charge is 2.19. The SMILES string of the molecule is CCc1c(NN)ncnc1NC1CCC1. The van der Waals surface area contributed by atoms with Crippen LogP contribution in [0.5, 0.6) is 0 Å². The maximum absolute atomic E-state index is 5.40. The van der Waals surface area contributed by atoms with Crippen LogP contribution < -0.4 is 16.6 Å². The minimum Gasteiger partial charge on any atom is -0.367 e. The van der Waals surface area contributed by atoms with Crippen molar-refractivity contribution in [2.24, 2.45) is 5.84 Å². The maximum atomic E-state index is 5.40. The second-order valence-electron chi connectivity index (χ2n) is 3.82. The molecule has 0 radical (unpaired) electrons. The predicted octanol–water partition coefficient (Wildman–Crippen LogP) is 1.29. The number of aromatic nitrogens is 2. The van der Waals surface area contributed by atoms with E-state index in [1.807, 2.05) is 0 Å². The van der Waals surface area contributed by atoms with Crippen molar-refractivity contribution in [2.45, 2.75) is 38.6 Å². The fourth-order valence-electron chi connectivity index (χ4n) is 1.74. The van der Waals surface area contributed by atoms with Crippen molar-refractivity contribution in [3.63, 3.8) is 0 Å². The van der Waals surface area contributed by atoms with Gasteiger partial charge in [-0.3, -0.25) is 0 Å². The Bertz CT molecular complexity index is 335. The summed E-state index contributed by atoms with van der Waals surface area (Å²) in [5.74, 6) is 7.04. The van der Waals surface area contributed by atoms with E-state index in [9.17, 15) is 0 Å². The van der Waals surface area contributed by atoms with Crippen LogP contribution in [0.25, 0.3) is 0 Å². The van der Waals surface area contributed by atoms with Crippen molar-refractivity contribution in [1.82, 2.24) is 9.97 Å². The molecule has 2 rings (SSSR count). The van der Waals surface area contributed by atoms with Crippen LogP contribution in [-0.4, -0.2) is 16.0 Å². The molecule has 0 aliphatic heterocycles. The number of nitrogen functional groups attached to an aromatic ring is 1. The van der Waals surface area contributed by atoms with Crippen LogP contribution in [0.15, 0.2) is 6.33 Å². The zero-order valence-electron chi connectivity index (χ0n) is 8.95. The van der Waals surface area contributed by atoms with Gasteiger partial charge in [-0.15, -0.1) is 0 Å². The normalized spacial score (nSPS) is 15.9. The minimum atomic E-state index is 0.579. The molecule has 0 amide bonds. The molecule has 0 unspecified atom stereocenters. The molecule has 0 bridgehead atoms. The molecule has 0 atom stereocenters. The molecular weight excluding hydrogens is 190 g/mol. The molecule has 0 aromatic carbocycles. The molecule has 5 heteroatoms. The van der Waals surface area contributed by atoms with Crippen LogP contribution in [0.1, 0.15) is 31.7 Å². The summed E-state index contributed by atoms with van der Waals surface area (Å²) in [5.41, 5.74) is 3.67. The number of nitrogens with two attached hydrogens (primary N) is 1. The molecule has 1 aliphatic carbocycles. The lowest BCUT2D eigenvalue weighted by molar-refractivity contribution is 0.444. The highest BCUT2D eigenvalue weighted by Crippen LogP contribution is 2.26. The Kier molecular flexibility index (Phi) is 3.01. The summed E-state index contributed by atoms with van der Waals surface area (Å²) in [6, 6.07) is 0.579. The molecule has 0 saturated heterocycles. The lowest BCUT2D eigenvalue weighted by atomic mass is 9.93. The number of nitrogens with zero attached hydrogens (tertiary/aromatic N) is 2. The predicted molar refractivity (Wildman–Crippen MR) is 60.5 cm³/mol. The summed E-state index contributed by atoms with van der Waals surface area (Å²) < 4.78 is 0. The van der Waals surface area contributed by atoms with Gasteiger partial charge in [0.2, 0.25) is 0 Å². The highest BCUT2D eigenvalue weighted by molar-refractivity contribution is 5.57. The van der Waals surface area contributed by atoms with Crippen molar-refractivity contribution in [3.05, 3.63) is 11.9 Å². The lowest BCUT2D eigenvalue weighted by Gasteiger charge is -2.28. The molecule has 1 aromatic rings. The third kappa shape index (κ3) is 2.02. The van der Waals surface area contributed by atoms with Crippen molar-refractivity contribution < 1.29 is 0 Å². The zero-order chi connectivity index (χ0) is 10.7. The largest absolute Gasteiger partial charge is 0.367 e. The van der Waals surface area contributed by atoms with E-state index >= 15 is 0 Å². The molecule has 1 aromatic heterocycles. The smallest absolute Gasteiger partial charge is 0.148 e. The molecule has 82 valence electrons. The number of anilines is 2. The van der Waals surface area contributed by atoms with Crippen molar-refractivity contribution in [3.8, 4) is 0 Å². The van der Waals surface area contributed by atoms with Gasteiger partial charge in [-0.25, -0.2) is 15.8 Å². The highest BCUT2D eigenvalue weighted by atomic mass is 15.3. The molecule has 1 fully saturated rings. The van der Waals surface area contributed by atoms with Crippen LogP contribution in [0.3, 0.4) is 0 Å². The summed E-state index contributed by atoms with van der Waals surface area (Å²) in [6.07, 6.45) is 6.19. The Balaban J connectivity index is 2.20. The Hall–Kier alpha value is -1.36. The van der Waals surface area contributed by atoms with Crippen molar-refractivity contribution >= 4 is 11.6 Å². The monoisotopic (exact) mass is 207 g/mol. The van der Waals surface area contributed by atoms with Gasteiger partial charge in [-0.1, -0.05) is 6.92 Å². The summed E-state index contributed by atoms with van der Waals surface area (Å²) >= 11 is 0. The van der Waals surface area contributed by atoms with Crippen LogP contribution in [0.2, 0.25) is 0 Å². The van der Waals surface area contributed by atoms with E-state index in [2.05, 4.69) is 27.6 Å². The van der Waals surface area contributed by atoms with Gasteiger partial charge in [0.05, 0.1) is 0 Å². The van der Waals surface area contributed by atoms with Gasteiger partial charge < -0.3 is 10.7 Å². The minimum absolute atomic E-state index is 0.579. The molecule has 1 saturated carbocycles. The fourth-order valence-corrected chi connectivity index (χ4v) is 1.74. The van der Waals surface area contributed by atoms with E-state index in [-0.39, 0.29) is 0 Å². The first kappa shape index (κ1) is 10.2. The van der Waals surface area contributed by atoms with Gasteiger partial charge in [-0.05, 0) is 25.7 Å². The number of hydrogen-bond acceptors (Lipinski definition) is 5. The summed E-state index contributed by atoms with van der Waals surface area (Å²) in [5, 5.41) is 3.43. The van der Waals surface area contributed by atoms with E-state index in [1.165, 1.54) is 25.6 Å². The van der Waals surface area contributed by atoms with Gasteiger partial charge >= 0.3 is 0 Å². The number of rotatable bonds is 4. The van der Waals surface area contributed by atoms with Crippen molar-refractivity contribution in [1.29, 1.82) is 0 Å². The standard InChI is InChI=1S/C10H17N5/c1-2-8-9(14-7-4-3-5-7)12-6-13-10(8)15-11/h6-7H,2-5,11H2,1H3,(H2,12,13,14,15). The molecule has 15 heavy (non-hydrogen) atoms. The van der Waals surface area contributed by atoms with Gasteiger partial charge in [0.15, 0.2) is 0 Å². The zero-order valence-corrected chi connectivity index (χ0v) is 8.95. The molecule has 5 nitrogen and oxygen atoms in total. The Morgan fingerprint density at radius 2 is 2.13 bits per heavy atom. The first-order valence-electron chi connectivity index (χ1n) is 5.42. The van der Waals surface area contributed by atoms with E-state index in [0.717, 1.165) is 17.8 Å². The number of hydrogen-bond donors (Lipinski definition) is 3. The quantitative estimate of drug-likeness (QED) is 0.512. The van der Waals surface area contributed by atoms with Gasteiger partial charge in [-0.2, -0.15) is 0 Å². The van der Waals surface area contributed by atoms with E-state index in [4.69, 9.17) is 5.84 Å². The van der Waals surface area contributed by atoms with E-state index in [0.29, 0.717) is 11.9 Å². The van der Waals surface area contributed by atoms with Gasteiger partial charge in [0.1, 0.15) is 18.0 Å². The van der Waals surface area contributed by atoms with E-state index < -0.39 is 0 Å². The third-order valence-electron chi connectivity index (χ3n) is 2.88. The van der Waals surface area contributed by atoms with Crippen molar-refractivity contribution in [2.75, 3.05) is 10.7 Å². The maximum Gasteiger partial charge on any atom is 0.148 e. The Labute approximate surface area is 89.5 Å². The van der Waals surface area contributed by atoms with Crippen LogP contribution in [-0.2, 0) is 6.42 Å². The molecule has 1 heterocycles. The van der Waals surface area contributed by atoms with Gasteiger partial charge in [0, 0.05) is 11.6 Å². The topological polar surface area (TPSA) is 75.9 Å². The third-order valence-corrected chi connectivity index (χ3v) is 2.88. The molecule has 1 aliphatic rings. The second kappa shape index (κ2) is 4.44. The van der Waals surface area contributed by atoms with Crippen LogP contribution in [0.4, 0.5) is 11.6 Å². The van der Waals surface area contributed by atoms with E-state index in [1.54, 1.807) is 0 Å². The Morgan fingerprint density at radius 3 is 2.67 bits per heavy atom. The molecular formula is C10H17N5. The number of nitrogens with one attached hydrogen (secondary N) is 2. The second-order valence-corrected chi connectivity index (χ2v) is 3.82. The Morgan fingerprint density at radius 1 is 1.40 bits per heavy atom. The average Bonchev–Trinajstić information content (AvgIpc) is 2.22. The number of hydrazine groups is 1. The lowest BCUT2D eigenvalue weighted by Crippen LogP contribution is -2.28. The fraction of sp³-hybridized carbons (Fsp3) is 0.600.